The lowest BCUT2D eigenvalue weighted by molar-refractivity contribution is -0.137. The van der Waals surface area contributed by atoms with Gasteiger partial charge in [0.2, 0.25) is 5.91 Å². The Morgan fingerprint density at radius 2 is 1.62 bits per heavy atom. The highest BCUT2D eigenvalue weighted by atomic mass is 19.4. The van der Waals surface area contributed by atoms with E-state index in [4.69, 9.17) is 0 Å². The van der Waals surface area contributed by atoms with Crippen molar-refractivity contribution in [2.24, 2.45) is 0 Å². The van der Waals surface area contributed by atoms with Crippen molar-refractivity contribution in [1.29, 1.82) is 0 Å². The lowest BCUT2D eigenvalue weighted by Gasteiger charge is -2.15. The summed E-state index contributed by atoms with van der Waals surface area (Å²) >= 11 is 0. The van der Waals surface area contributed by atoms with Gasteiger partial charge in [0.25, 0.3) is 0 Å². The molecule has 128 valence electrons. The van der Waals surface area contributed by atoms with Gasteiger partial charge in [0.1, 0.15) is 0 Å². The Morgan fingerprint density at radius 3 is 2.25 bits per heavy atom. The van der Waals surface area contributed by atoms with Crippen molar-refractivity contribution in [3.63, 3.8) is 0 Å². The van der Waals surface area contributed by atoms with Crippen LogP contribution in [0.15, 0.2) is 42.5 Å². The van der Waals surface area contributed by atoms with Gasteiger partial charge in [-0.15, -0.1) is 0 Å². The van der Waals surface area contributed by atoms with E-state index < -0.39 is 11.7 Å². The Hall–Kier alpha value is -2.50. The van der Waals surface area contributed by atoms with Crippen LogP contribution in [0.1, 0.15) is 23.1 Å². The number of rotatable bonds is 5. The second-order valence-electron chi connectivity index (χ2n) is 5.54. The van der Waals surface area contributed by atoms with Crippen LogP contribution in [0.5, 0.6) is 0 Å². The highest BCUT2D eigenvalue weighted by molar-refractivity contribution is 5.92. The summed E-state index contributed by atoms with van der Waals surface area (Å²) in [6.45, 7) is 3.89. The first-order valence-electron chi connectivity index (χ1n) is 7.55. The summed E-state index contributed by atoms with van der Waals surface area (Å²) in [5.74, 6) is -0.246. The predicted octanol–water partition coefficient (Wildman–Crippen LogP) is 4.76. The van der Waals surface area contributed by atoms with E-state index >= 15 is 0 Å². The van der Waals surface area contributed by atoms with Crippen LogP contribution >= 0.6 is 0 Å². The molecule has 2 aromatic rings. The average Bonchev–Trinajstić information content (AvgIpc) is 2.50. The number of amides is 1. The number of aryl methyl sites for hydroxylation is 2. The van der Waals surface area contributed by atoms with Crippen molar-refractivity contribution in [3.8, 4) is 0 Å². The highest BCUT2D eigenvalue weighted by Gasteiger charge is 2.33. The predicted molar refractivity (Wildman–Crippen MR) is 89.1 cm³/mol. The average molecular weight is 336 g/mol. The second-order valence-corrected chi connectivity index (χ2v) is 5.54. The fourth-order valence-corrected chi connectivity index (χ4v) is 2.41. The summed E-state index contributed by atoms with van der Waals surface area (Å²) in [4.78, 5) is 12.0. The van der Waals surface area contributed by atoms with E-state index in [1.54, 1.807) is 0 Å². The molecule has 0 aliphatic rings. The zero-order valence-corrected chi connectivity index (χ0v) is 13.5. The molecule has 24 heavy (non-hydrogen) atoms. The number of hydrogen-bond donors (Lipinski definition) is 2. The molecule has 0 aromatic heterocycles. The Bertz CT molecular complexity index is 706. The molecule has 0 spiro atoms. The molecule has 0 saturated carbocycles. The first-order valence-corrected chi connectivity index (χ1v) is 7.55. The van der Waals surface area contributed by atoms with E-state index in [0.717, 1.165) is 22.9 Å². The number of para-hydroxylation sites is 2. The maximum absolute atomic E-state index is 12.9. The van der Waals surface area contributed by atoms with E-state index in [-0.39, 0.29) is 24.6 Å². The zero-order valence-electron chi connectivity index (χ0n) is 13.5. The molecule has 0 aliphatic carbocycles. The molecular weight excluding hydrogens is 317 g/mol. The summed E-state index contributed by atoms with van der Waals surface area (Å²) < 4.78 is 38.7. The summed E-state index contributed by atoms with van der Waals surface area (Å²) in [6, 6.07) is 10.9. The van der Waals surface area contributed by atoms with Crippen LogP contribution in [0.25, 0.3) is 0 Å². The minimum atomic E-state index is -4.43. The summed E-state index contributed by atoms with van der Waals surface area (Å²) in [5.41, 5.74) is 1.88. The van der Waals surface area contributed by atoms with Gasteiger partial charge in [-0.3, -0.25) is 4.79 Å². The van der Waals surface area contributed by atoms with E-state index in [1.807, 2.05) is 32.0 Å². The minimum absolute atomic E-state index is 0.0233. The number of benzene rings is 2. The number of hydrogen-bond acceptors (Lipinski definition) is 2. The molecule has 6 heteroatoms. The Morgan fingerprint density at radius 1 is 1.00 bits per heavy atom. The first kappa shape index (κ1) is 17.8. The normalized spacial score (nSPS) is 11.2. The number of alkyl halides is 3. The lowest BCUT2D eigenvalue weighted by atomic mass is 10.1. The molecule has 1 amide bonds. The van der Waals surface area contributed by atoms with E-state index in [2.05, 4.69) is 10.6 Å². The van der Waals surface area contributed by atoms with Gasteiger partial charge in [-0.2, -0.15) is 13.2 Å². The summed E-state index contributed by atoms with van der Waals surface area (Å²) in [7, 11) is 0. The zero-order chi connectivity index (χ0) is 17.7. The Balaban J connectivity index is 1.95. The van der Waals surface area contributed by atoms with Crippen molar-refractivity contribution in [1.82, 2.24) is 0 Å². The van der Waals surface area contributed by atoms with Crippen LogP contribution in [0.2, 0.25) is 0 Å². The molecule has 0 unspecified atom stereocenters. The molecule has 0 saturated heterocycles. The second kappa shape index (κ2) is 7.38. The van der Waals surface area contributed by atoms with Crippen LogP contribution in [0.3, 0.4) is 0 Å². The van der Waals surface area contributed by atoms with Crippen LogP contribution < -0.4 is 10.6 Å². The molecule has 0 fully saturated rings. The van der Waals surface area contributed by atoms with Gasteiger partial charge in [0.05, 0.1) is 5.56 Å². The third-order valence-corrected chi connectivity index (χ3v) is 3.65. The number of carbonyl (C=O) groups is 1. The first-order chi connectivity index (χ1) is 11.3. The van der Waals surface area contributed by atoms with Gasteiger partial charge in [0.15, 0.2) is 0 Å². The molecule has 0 aliphatic heterocycles. The van der Waals surface area contributed by atoms with Crippen molar-refractivity contribution >= 4 is 17.3 Å². The van der Waals surface area contributed by atoms with Crippen LogP contribution in [0, 0.1) is 13.8 Å². The molecule has 0 radical (unpaired) electrons. The molecule has 0 atom stereocenters. The molecule has 0 heterocycles. The molecule has 0 bridgehead atoms. The fourth-order valence-electron chi connectivity index (χ4n) is 2.41. The maximum atomic E-state index is 12.9. The summed E-state index contributed by atoms with van der Waals surface area (Å²) in [6.07, 6.45) is -4.36. The van der Waals surface area contributed by atoms with E-state index in [1.165, 1.54) is 18.2 Å². The maximum Gasteiger partial charge on any atom is 0.418 e. The molecular formula is C18H19F3N2O. The molecule has 2 rings (SSSR count). The number of halogens is 3. The molecule has 3 nitrogen and oxygen atoms in total. The van der Waals surface area contributed by atoms with Crippen LogP contribution in [0.4, 0.5) is 24.5 Å². The van der Waals surface area contributed by atoms with Crippen molar-refractivity contribution in [2.45, 2.75) is 26.4 Å². The largest absolute Gasteiger partial charge is 0.418 e. The smallest absolute Gasteiger partial charge is 0.384 e. The van der Waals surface area contributed by atoms with Gasteiger partial charge < -0.3 is 10.6 Å². The lowest BCUT2D eigenvalue weighted by Crippen LogP contribution is -2.18. The number of anilines is 2. The van der Waals surface area contributed by atoms with Crippen LogP contribution in [-0.4, -0.2) is 12.5 Å². The SMILES string of the molecule is Cc1cccc(C)c1NC(=O)CCNc1ccccc1C(F)(F)F. The minimum Gasteiger partial charge on any atom is -0.384 e. The van der Waals surface area contributed by atoms with Crippen molar-refractivity contribution < 1.29 is 18.0 Å². The van der Waals surface area contributed by atoms with Gasteiger partial charge in [-0.1, -0.05) is 30.3 Å². The monoisotopic (exact) mass is 336 g/mol. The Kier molecular flexibility index (Phi) is 5.49. The van der Waals surface area contributed by atoms with Gasteiger partial charge in [-0.05, 0) is 37.1 Å². The third-order valence-electron chi connectivity index (χ3n) is 3.65. The fraction of sp³-hybridized carbons (Fsp3) is 0.278. The van der Waals surface area contributed by atoms with E-state index in [0.29, 0.717) is 0 Å². The van der Waals surface area contributed by atoms with Crippen LogP contribution in [-0.2, 0) is 11.0 Å². The quantitative estimate of drug-likeness (QED) is 0.826. The van der Waals surface area contributed by atoms with Crippen molar-refractivity contribution in [3.05, 3.63) is 59.2 Å². The van der Waals surface area contributed by atoms with Gasteiger partial charge >= 0.3 is 6.18 Å². The standard InChI is InChI=1S/C18H19F3N2O/c1-12-6-5-7-13(2)17(12)23-16(24)10-11-22-15-9-4-3-8-14(15)18(19,20)21/h3-9,22H,10-11H2,1-2H3,(H,23,24). The van der Waals surface area contributed by atoms with Gasteiger partial charge in [0, 0.05) is 24.3 Å². The Labute approximate surface area is 138 Å². The molecule has 2 aromatic carbocycles. The summed E-state index contributed by atoms with van der Waals surface area (Å²) in [5, 5.41) is 5.49. The van der Waals surface area contributed by atoms with Crippen molar-refractivity contribution in [2.75, 3.05) is 17.2 Å². The van der Waals surface area contributed by atoms with E-state index in [9.17, 15) is 18.0 Å². The third kappa shape index (κ3) is 4.50. The topological polar surface area (TPSA) is 41.1 Å². The number of carbonyl (C=O) groups excluding carboxylic acids is 1. The number of nitrogens with one attached hydrogen (secondary N) is 2. The highest BCUT2D eigenvalue weighted by Crippen LogP contribution is 2.34. The molecule has 2 N–H and O–H groups in total. The van der Waals surface area contributed by atoms with Gasteiger partial charge in [-0.25, -0.2) is 0 Å².